The SMILES string of the molecule is COc1ccc(OC)c(CCCCCc2cc(OC)ccc2OC)c1. The average Bonchev–Trinajstić information content (AvgIpc) is 2.67. The van der Waals surface area contributed by atoms with Gasteiger partial charge in [-0.25, -0.2) is 0 Å². The topological polar surface area (TPSA) is 36.9 Å². The van der Waals surface area contributed by atoms with Crippen molar-refractivity contribution in [2.24, 2.45) is 0 Å². The summed E-state index contributed by atoms with van der Waals surface area (Å²) in [4.78, 5) is 0. The lowest BCUT2D eigenvalue weighted by molar-refractivity contribution is 0.397. The Morgan fingerprint density at radius 3 is 1.36 bits per heavy atom. The highest BCUT2D eigenvalue weighted by atomic mass is 16.5. The number of methoxy groups -OCH3 is 4. The number of hydrogen-bond donors (Lipinski definition) is 0. The molecular formula is C21H28O4. The highest BCUT2D eigenvalue weighted by Gasteiger charge is 2.07. The maximum atomic E-state index is 5.44. The quantitative estimate of drug-likeness (QED) is 0.587. The molecule has 4 heteroatoms. The summed E-state index contributed by atoms with van der Waals surface area (Å²) in [7, 11) is 6.79. The van der Waals surface area contributed by atoms with Gasteiger partial charge in [0, 0.05) is 0 Å². The lowest BCUT2D eigenvalue weighted by atomic mass is 10.0. The highest BCUT2D eigenvalue weighted by molar-refractivity contribution is 5.41. The van der Waals surface area contributed by atoms with Crippen LogP contribution in [0.3, 0.4) is 0 Å². The second-order valence-electron chi connectivity index (χ2n) is 5.92. The van der Waals surface area contributed by atoms with Crippen LogP contribution in [0.1, 0.15) is 30.4 Å². The van der Waals surface area contributed by atoms with Gasteiger partial charge in [-0.3, -0.25) is 0 Å². The summed E-state index contributed by atoms with van der Waals surface area (Å²) in [6, 6.07) is 11.9. The molecule has 0 heterocycles. The molecule has 0 fully saturated rings. The van der Waals surface area contributed by atoms with E-state index in [9.17, 15) is 0 Å². The Kier molecular flexibility index (Phi) is 7.45. The molecular weight excluding hydrogens is 316 g/mol. The Morgan fingerprint density at radius 2 is 1.00 bits per heavy atom. The van der Waals surface area contributed by atoms with Crippen LogP contribution in [-0.4, -0.2) is 28.4 Å². The number of rotatable bonds is 10. The van der Waals surface area contributed by atoms with E-state index < -0.39 is 0 Å². The van der Waals surface area contributed by atoms with E-state index >= 15 is 0 Å². The molecule has 2 aromatic rings. The van der Waals surface area contributed by atoms with E-state index in [1.54, 1.807) is 28.4 Å². The molecule has 0 amide bonds. The van der Waals surface area contributed by atoms with Gasteiger partial charge in [0.15, 0.2) is 0 Å². The van der Waals surface area contributed by atoms with Crippen molar-refractivity contribution in [1.29, 1.82) is 0 Å². The monoisotopic (exact) mass is 344 g/mol. The first-order valence-electron chi connectivity index (χ1n) is 8.63. The summed E-state index contributed by atoms with van der Waals surface area (Å²) in [5, 5.41) is 0. The van der Waals surface area contributed by atoms with Crippen LogP contribution < -0.4 is 18.9 Å². The Bertz CT molecular complexity index is 609. The fourth-order valence-electron chi connectivity index (χ4n) is 2.96. The predicted molar refractivity (Wildman–Crippen MR) is 100 cm³/mol. The van der Waals surface area contributed by atoms with Crippen molar-refractivity contribution in [3.05, 3.63) is 47.5 Å². The Balaban J connectivity index is 1.86. The second kappa shape index (κ2) is 9.82. The van der Waals surface area contributed by atoms with Crippen LogP contribution in [0.4, 0.5) is 0 Å². The molecule has 0 atom stereocenters. The van der Waals surface area contributed by atoms with Gasteiger partial charge in [0.25, 0.3) is 0 Å². The van der Waals surface area contributed by atoms with E-state index in [4.69, 9.17) is 18.9 Å². The zero-order chi connectivity index (χ0) is 18.1. The van der Waals surface area contributed by atoms with Gasteiger partial charge in [0.2, 0.25) is 0 Å². The van der Waals surface area contributed by atoms with Crippen LogP contribution in [0.5, 0.6) is 23.0 Å². The number of benzene rings is 2. The lowest BCUT2D eigenvalue weighted by Crippen LogP contribution is -1.96. The van der Waals surface area contributed by atoms with E-state index in [1.807, 2.05) is 24.3 Å². The summed E-state index contributed by atoms with van der Waals surface area (Å²) in [5.41, 5.74) is 2.39. The summed E-state index contributed by atoms with van der Waals surface area (Å²) in [6.45, 7) is 0. The van der Waals surface area contributed by atoms with Gasteiger partial charge in [-0.1, -0.05) is 6.42 Å². The normalized spacial score (nSPS) is 10.4. The maximum absolute atomic E-state index is 5.44. The molecule has 2 rings (SSSR count). The Hall–Kier alpha value is -2.36. The molecule has 0 saturated carbocycles. The molecule has 0 aliphatic rings. The van der Waals surface area contributed by atoms with Crippen molar-refractivity contribution in [2.45, 2.75) is 32.1 Å². The first kappa shape index (κ1) is 19.0. The molecule has 0 aliphatic heterocycles. The molecule has 0 aliphatic carbocycles. The van der Waals surface area contributed by atoms with Gasteiger partial charge in [-0.05, 0) is 73.2 Å². The standard InChI is InChI=1S/C21H28O4/c1-22-18-10-12-20(24-3)16(14-18)8-6-5-7-9-17-15-19(23-2)11-13-21(17)25-4/h10-15H,5-9H2,1-4H3. The van der Waals surface area contributed by atoms with E-state index in [0.717, 1.165) is 55.1 Å². The number of unbranched alkanes of at least 4 members (excludes halogenated alkanes) is 2. The fourth-order valence-corrected chi connectivity index (χ4v) is 2.96. The maximum Gasteiger partial charge on any atom is 0.122 e. The van der Waals surface area contributed by atoms with Crippen molar-refractivity contribution in [2.75, 3.05) is 28.4 Å². The number of ether oxygens (including phenoxy) is 4. The fraction of sp³-hybridized carbons (Fsp3) is 0.429. The molecule has 0 bridgehead atoms. The zero-order valence-electron chi connectivity index (χ0n) is 15.6. The molecule has 0 N–H and O–H groups in total. The van der Waals surface area contributed by atoms with Crippen LogP contribution >= 0.6 is 0 Å². The van der Waals surface area contributed by atoms with Crippen LogP contribution in [0.2, 0.25) is 0 Å². The van der Waals surface area contributed by atoms with Gasteiger partial charge >= 0.3 is 0 Å². The van der Waals surface area contributed by atoms with Gasteiger partial charge < -0.3 is 18.9 Å². The van der Waals surface area contributed by atoms with Crippen LogP contribution in [0, 0.1) is 0 Å². The minimum Gasteiger partial charge on any atom is -0.497 e. The van der Waals surface area contributed by atoms with Crippen molar-refractivity contribution >= 4 is 0 Å². The molecule has 0 unspecified atom stereocenters. The third kappa shape index (κ3) is 5.31. The van der Waals surface area contributed by atoms with Crippen molar-refractivity contribution in [1.82, 2.24) is 0 Å². The summed E-state index contributed by atoms with van der Waals surface area (Å²) < 4.78 is 21.5. The first-order valence-corrected chi connectivity index (χ1v) is 8.63. The third-order valence-corrected chi connectivity index (χ3v) is 4.37. The molecule has 0 radical (unpaired) electrons. The largest absolute Gasteiger partial charge is 0.497 e. The molecule has 4 nitrogen and oxygen atoms in total. The highest BCUT2D eigenvalue weighted by Crippen LogP contribution is 2.27. The van der Waals surface area contributed by atoms with E-state index in [1.165, 1.54) is 11.1 Å². The minimum atomic E-state index is 0.872. The second-order valence-corrected chi connectivity index (χ2v) is 5.92. The van der Waals surface area contributed by atoms with Crippen molar-refractivity contribution < 1.29 is 18.9 Å². The van der Waals surface area contributed by atoms with E-state index in [2.05, 4.69) is 12.1 Å². The lowest BCUT2D eigenvalue weighted by Gasteiger charge is -2.11. The van der Waals surface area contributed by atoms with Gasteiger partial charge in [-0.15, -0.1) is 0 Å². The number of aryl methyl sites for hydroxylation is 2. The van der Waals surface area contributed by atoms with Crippen LogP contribution in [0.25, 0.3) is 0 Å². The summed E-state index contributed by atoms with van der Waals surface area (Å²) in [6.07, 6.45) is 5.32. The van der Waals surface area contributed by atoms with Crippen LogP contribution in [0.15, 0.2) is 36.4 Å². The van der Waals surface area contributed by atoms with Crippen molar-refractivity contribution in [3.63, 3.8) is 0 Å². The third-order valence-electron chi connectivity index (χ3n) is 4.37. The van der Waals surface area contributed by atoms with Crippen LogP contribution in [-0.2, 0) is 12.8 Å². The Morgan fingerprint density at radius 1 is 0.560 bits per heavy atom. The first-order chi connectivity index (χ1) is 12.2. The predicted octanol–water partition coefficient (Wildman–Crippen LogP) is 4.68. The Labute approximate surface area is 150 Å². The van der Waals surface area contributed by atoms with E-state index in [-0.39, 0.29) is 0 Å². The summed E-state index contributed by atoms with van der Waals surface area (Å²) in [5.74, 6) is 3.60. The molecule has 0 saturated heterocycles. The minimum absolute atomic E-state index is 0.872. The average molecular weight is 344 g/mol. The van der Waals surface area contributed by atoms with Crippen molar-refractivity contribution in [3.8, 4) is 23.0 Å². The van der Waals surface area contributed by atoms with E-state index in [0.29, 0.717) is 0 Å². The molecule has 2 aromatic carbocycles. The van der Waals surface area contributed by atoms with Gasteiger partial charge in [0.1, 0.15) is 23.0 Å². The van der Waals surface area contributed by atoms with Gasteiger partial charge in [-0.2, -0.15) is 0 Å². The molecule has 25 heavy (non-hydrogen) atoms. The molecule has 136 valence electrons. The molecule has 0 spiro atoms. The smallest absolute Gasteiger partial charge is 0.122 e. The van der Waals surface area contributed by atoms with Gasteiger partial charge in [0.05, 0.1) is 28.4 Å². The molecule has 0 aromatic heterocycles. The number of hydrogen-bond acceptors (Lipinski definition) is 4. The zero-order valence-corrected chi connectivity index (χ0v) is 15.6. The summed E-state index contributed by atoms with van der Waals surface area (Å²) >= 11 is 0.